The average Bonchev–Trinajstić information content (AvgIpc) is 3.06. The van der Waals surface area contributed by atoms with Crippen LogP contribution < -0.4 is 0 Å². The predicted molar refractivity (Wildman–Crippen MR) is 116 cm³/mol. The second kappa shape index (κ2) is 8.62. The van der Waals surface area contributed by atoms with E-state index in [1.54, 1.807) is 31.5 Å². The van der Waals surface area contributed by atoms with E-state index in [0.717, 1.165) is 6.07 Å². The minimum Gasteiger partial charge on any atom is -0.507 e. The standard InChI is InChI=1S/C24H18FN3O5/c1-14-2-3-17(12-19(14)25)22(29)20-21(16-4-6-18(7-5-16)28(32)33)27(24(31)23(20)30)13-15-8-10-26-11-9-15/h2-12,21,29H,13H2,1H3/b22-20-. The number of hydrogen-bond donors (Lipinski definition) is 1. The van der Waals surface area contributed by atoms with Crippen LogP contribution in [-0.2, 0) is 16.1 Å². The summed E-state index contributed by atoms with van der Waals surface area (Å²) >= 11 is 0. The van der Waals surface area contributed by atoms with Crippen LogP contribution in [0.1, 0.15) is 28.3 Å². The average molecular weight is 447 g/mol. The summed E-state index contributed by atoms with van der Waals surface area (Å²) in [6, 6.07) is 11.7. The van der Waals surface area contributed by atoms with Gasteiger partial charge in [-0.3, -0.25) is 24.7 Å². The van der Waals surface area contributed by atoms with E-state index in [-0.39, 0.29) is 23.4 Å². The van der Waals surface area contributed by atoms with Gasteiger partial charge in [0.15, 0.2) is 0 Å². The Kier molecular flexibility index (Phi) is 5.70. The number of carbonyl (C=O) groups excluding carboxylic acids is 2. The number of nitrogens with zero attached hydrogens (tertiary/aromatic N) is 3. The third-order valence-corrected chi connectivity index (χ3v) is 5.51. The molecular weight excluding hydrogens is 429 g/mol. The van der Waals surface area contributed by atoms with Crippen molar-refractivity contribution in [1.29, 1.82) is 0 Å². The van der Waals surface area contributed by atoms with Gasteiger partial charge in [0.1, 0.15) is 11.6 Å². The zero-order valence-corrected chi connectivity index (χ0v) is 17.4. The van der Waals surface area contributed by atoms with E-state index in [2.05, 4.69) is 4.98 Å². The van der Waals surface area contributed by atoms with Crippen LogP contribution in [0.5, 0.6) is 0 Å². The van der Waals surface area contributed by atoms with Crippen molar-refractivity contribution in [2.75, 3.05) is 0 Å². The number of carbonyl (C=O) groups is 2. The minimum atomic E-state index is -1.02. The lowest BCUT2D eigenvalue weighted by molar-refractivity contribution is -0.384. The number of Topliss-reactive ketones (excluding diaryl/α,β-unsaturated/α-hetero) is 1. The molecule has 0 radical (unpaired) electrons. The molecule has 166 valence electrons. The molecule has 2 aromatic carbocycles. The molecule has 1 aliphatic rings. The molecule has 0 bridgehead atoms. The maximum absolute atomic E-state index is 14.1. The van der Waals surface area contributed by atoms with E-state index >= 15 is 0 Å². The molecule has 0 saturated carbocycles. The molecule has 1 aliphatic heterocycles. The van der Waals surface area contributed by atoms with Crippen molar-refractivity contribution in [1.82, 2.24) is 9.88 Å². The number of aliphatic hydroxyl groups is 1. The second-order valence-corrected chi connectivity index (χ2v) is 7.60. The molecule has 1 fully saturated rings. The highest BCUT2D eigenvalue weighted by Gasteiger charge is 2.46. The lowest BCUT2D eigenvalue weighted by Gasteiger charge is -2.25. The van der Waals surface area contributed by atoms with Crippen molar-refractivity contribution in [2.24, 2.45) is 0 Å². The van der Waals surface area contributed by atoms with E-state index < -0.39 is 34.2 Å². The number of nitro benzene ring substituents is 1. The van der Waals surface area contributed by atoms with E-state index in [9.17, 15) is 29.2 Å². The number of rotatable bonds is 5. The molecule has 0 spiro atoms. The first kappa shape index (κ1) is 21.8. The van der Waals surface area contributed by atoms with Crippen molar-refractivity contribution >= 4 is 23.1 Å². The van der Waals surface area contributed by atoms with Gasteiger partial charge in [0.05, 0.1) is 16.5 Å². The van der Waals surface area contributed by atoms with Gasteiger partial charge in [0, 0.05) is 36.6 Å². The first-order valence-corrected chi connectivity index (χ1v) is 9.96. The number of ketones is 1. The molecular formula is C24H18FN3O5. The van der Waals surface area contributed by atoms with Gasteiger partial charge in [0.25, 0.3) is 17.4 Å². The summed E-state index contributed by atoms with van der Waals surface area (Å²) in [7, 11) is 0. The van der Waals surface area contributed by atoms with Crippen LogP contribution in [0.4, 0.5) is 10.1 Å². The molecule has 2 heterocycles. The number of halogens is 1. The molecule has 33 heavy (non-hydrogen) atoms. The summed E-state index contributed by atoms with van der Waals surface area (Å²) in [6.07, 6.45) is 3.09. The molecule has 8 nitrogen and oxygen atoms in total. The lowest BCUT2D eigenvalue weighted by Crippen LogP contribution is -2.29. The van der Waals surface area contributed by atoms with Crippen LogP contribution >= 0.6 is 0 Å². The number of amides is 1. The molecule has 1 saturated heterocycles. The van der Waals surface area contributed by atoms with Gasteiger partial charge in [-0.15, -0.1) is 0 Å². The molecule has 4 rings (SSSR count). The van der Waals surface area contributed by atoms with Crippen molar-refractivity contribution < 1.29 is 24.0 Å². The van der Waals surface area contributed by atoms with Crippen LogP contribution in [0.15, 0.2) is 72.6 Å². The van der Waals surface area contributed by atoms with E-state index in [1.807, 2.05) is 0 Å². The number of aliphatic hydroxyl groups excluding tert-OH is 1. The topological polar surface area (TPSA) is 114 Å². The molecule has 1 aromatic heterocycles. The number of benzene rings is 2. The van der Waals surface area contributed by atoms with Gasteiger partial charge < -0.3 is 10.0 Å². The summed E-state index contributed by atoms with van der Waals surface area (Å²) in [5.74, 6) is -2.86. The van der Waals surface area contributed by atoms with Crippen molar-refractivity contribution in [3.05, 3.63) is 111 Å². The van der Waals surface area contributed by atoms with Gasteiger partial charge in [-0.2, -0.15) is 0 Å². The zero-order chi connectivity index (χ0) is 23.7. The highest BCUT2D eigenvalue weighted by molar-refractivity contribution is 6.46. The van der Waals surface area contributed by atoms with Gasteiger partial charge in [-0.1, -0.05) is 12.1 Å². The summed E-state index contributed by atoms with van der Waals surface area (Å²) < 4.78 is 14.1. The largest absolute Gasteiger partial charge is 0.507 e. The Hall–Kier alpha value is -4.40. The molecule has 9 heteroatoms. The number of aromatic nitrogens is 1. The Morgan fingerprint density at radius 1 is 1.12 bits per heavy atom. The van der Waals surface area contributed by atoms with Crippen LogP contribution in [-0.4, -0.2) is 31.6 Å². The number of aryl methyl sites for hydroxylation is 1. The highest BCUT2D eigenvalue weighted by Crippen LogP contribution is 2.40. The molecule has 1 atom stereocenters. The van der Waals surface area contributed by atoms with E-state index in [1.165, 1.54) is 41.3 Å². The van der Waals surface area contributed by atoms with Gasteiger partial charge in [-0.05, 0) is 53.9 Å². The van der Waals surface area contributed by atoms with E-state index in [4.69, 9.17) is 0 Å². The van der Waals surface area contributed by atoms with Crippen molar-refractivity contribution in [3.8, 4) is 0 Å². The predicted octanol–water partition coefficient (Wildman–Crippen LogP) is 4.06. The quantitative estimate of drug-likeness (QED) is 0.207. The van der Waals surface area contributed by atoms with Crippen LogP contribution in [0.2, 0.25) is 0 Å². The van der Waals surface area contributed by atoms with Gasteiger partial charge in [-0.25, -0.2) is 4.39 Å². The van der Waals surface area contributed by atoms with Crippen molar-refractivity contribution in [2.45, 2.75) is 19.5 Å². The third kappa shape index (κ3) is 4.08. The second-order valence-electron chi connectivity index (χ2n) is 7.60. The van der Waals surface area contributed by atoms with E-state index in [0.29, 0.717) is 16.7 Å². The Balaban J connectivity index is 1.87. The summed E-state index contributed by atoms with van der Waals surface area (Å²) in [5.41, 5.74) is 1.11. The number of likely N-dealkylation sites (tertiary alicyclic amines) is 1. The fourth-order valence-corrected chi connectivity index (χ4v) is 3.75. The maximum atomic E-state index is 14.1. The lowest BCUT2D eigenvalue weighted by atomic mass is 9.94. The molecule has 1 N–H and O–H groups in total. The molecule has 1 unspecified atom stereocenters. The molecule has 3 aromatic rings. The fraction of sp³-hybridized carbons (Fsp3) is 0.125. The Bertz CT molecular complexity index is 1290. The molecule has 0 aliphatic carbocycles. The summed E-state index contributed by atoms with van der Waals surface area (Å²) in [5, 5.41) is 22.0. The number of non-ortho nitro benzene ring substituents is 1. The smallest absolute Gasteiger partial charge is 0.295 e. The number of nitro groups is 1. The van der Waals surface area contributed by atoms with Crippen molar-refractivity contribution in [3.63, 3.8) is 0 Å². The van der Waals surface area contributed by atoms with Crippen LogP contribution in [0.25, 0.3) is 5.76 Å². The SMILES string of the molecule is Cc1ccc(/C(O)=C2/C(=O)C(=O)N(Cc3ccncc3)C2c2ccc([N+](=O)[O-])cc2)cc1F. The minimum absolute atomic E-state index is 0.0355. The number of hydrogen-bond acceptors (Lipinski definition) is 6. The zero-order valence-electron chi connectivity index (χ0n) is 17.4. The normalized spacial score (nSPS) is 17.4. The van der Waals surface area contributed by atoms with Crippen LogP contribution in [0.3, 0.4) is 0 Å². The molecule has 1 amide bonds. The monoisotopic (exact) mass is 447 g/mol. The van der Waals surface area contributed by atoms with Gasteiger partial charge >= 0.3 is 0 Å². The van der Waals surface area contributed by atoms with Crippen LogP contribution in [0, 0.1) is 22.9 Å². The Labute approximate surface area is 187 Å². The summed E-state index contributed by atoms with van der Waals surface area (Å²) in [6.45, 7) is 1.59. The maximum Gasteiger partial charge on any atom is 0.295 e. The fourth-order valence-electron chi connectivity index (χ4n) is 3.75. The Morgan fingerprint density at radius 2 is 1.79 bits per heavy atom. The first-order chi connectivity index (χ1) is 15.8. The third-order valence-electron chi connectivity index (χ3n) is 5.51. The highest BCUT2D eigenvalue weighted by atomic mass is 19.1. The Morgan fingerprint density at radius 3 is 2.39 bits per heavy atom. The van der Waals surface area contributed by atoms with Gasteiger partial charge in [0.2, 0.25) is 0 Å². The first-order valence-electron chi connectivity index (χ1n) is 9.96. The summed E-state index contributed by atoms with van der Waals surface area (Å²) in [4.78, 5) is 41.7. The number of pyridine rings is 1.